The Morgan fingerprint density at radius 3 is 3.00 bits per heavy atom. The van der Waals surface area contributed by atoms with E-state index in [9.17, 15) is 0 Å². The lowest BCUT2D eigenvalue weighted by Gasteiger charge is -2.25. The summed E-state index contributed by atoms with van der Waals surface area (Å²) >= 11 is 0. The number of rotatable bonds is 2. The zero-order valence-corrected chi connectivity index (χ0v) is 11.1. The van der Waals surface area contributed by atoms with Gasteiger partial charge in [-0.25, -0.2) is 0 Å². The van der Waals surface area contributed by atoms with Crippen LogP contribution in [-0.2, 0) is 17.9 Å². The molecule has 2 atom stereocenters. The van der Waals surface area contributed by atoms with Crippen molar-refractivity contribution in [3.8, 4) is 0 Å². The molecule has 1 unspecified atom stereocenters. The highest BCUT2D eigenvalue weighted by Crippen LogP contribution is 2.18. The molecule has 0 saturated heterocycles. The fraction of sp³-hybridized carbons (Fsp3) is 0.438. The van der Waals surface area contributed by atoms with Crippen molar-refractivity contribution in [2.24, 2.45) is 10.9 Å². The first kappa shape index (κ1) is 12.6. The predicted molar refractivity (Wildman–Crippen MR) is 77.1 cm³/mol. The van der Waals surface area contributed by atoms with E-state index in [4.69, 9.17) is 4.74 Å². The first-order valence-corrected chi connectivity index (χ1v) is 6.98. The van der Waals surface area contributed by atoms with Crippen LogP contribution in [0.4, 0.5) is 0 Å². The third-order valence-electron chi connectivity index (χ3n) is 3.79. The molecule has 0 radical (unpaired) electrons. The molecule has 1 N–H and O–H groups in total. The third-order valence-corrected chi connectivity index (χ3v) is 3.79. The minimum Gasteiger partial charge on any atom is -0.375 e. The van der Waals surface area contributed by atoms with Crippen LogP contribution >= 0.6 is 0 Å². The van der Waals surface area contributed by atoms with Crippen LogP contribution in [0.2, 0.25) is 0 Å². The molecular weight excluding hydrogens is 236 g/mol. The number of aliphatic imine (C=N–C) groups is 1. The fourth-order valence-corrected chi connectivity index (χ4v) is 2.70. The summed E-state index contributed by atoms with van der Waals surface area (Å²) in [5, 5.41) is 3.61. The average Bonchev–Trinajstić information content (AvgIpc) is 2.44. The van der Waals surface area contributed by atoms with Gasteiger partial charge in [0.25, 0.3) is 0 Å². The van der Waals surface area contributed by atoms with Crippen LogP contribution in [0, 0.1) is 5.92 Å². The Bertz CT molecular complexity index is 481. The summed E-state index contributed by atoms with van der Waals surface area (Å²) in [5.41, 5.74) is 2.65. The van der Waals surface area contributed by atoms with Gasteiger partial charge in [0, 0.05) is 25.0 Å². The standard InChI is InChI=1S/C16H20N2O/c1-2-6-15-11-19-12-16(18-10-14(15)5-1)8-13-4-3-7-17-9-13/h1-3,5-7,9,13,16,18H,4,8,10-12H2/t13?,16-/m1/s1. The number of hydrogen-bond donors (Lipinski definition) is 1. The molecule has 0 bridgehead atoms. The van der Waals surface area contributed by atoms with Gasteiger partial charge in [0.2, 0.25) is 0 Å². The van der Waals surface area contributed by atoms with Crippen molar-refractivity contribution in [3.05, 3.63) is 47.7 Å². The van der Waals surface area contributed by atoms with Gasteiger partial charge in [0.1, 0.15) is 0 Å². The van der Waals surface area contributed by atoms with E-state index in [0.717, 1.165) is 32.6 Å². The number of benzene rings is 1. The second-order valence-electron chi connectivity index (χ2n) is 5.28. The monoisotopic (exact) mass is 256 g/mol. The predicted octanol–water partition coefficient (Wildman–Crippen LogP) is 2.67. The van der Waals surface area contributed by atoms with E-state index >= 15 is 0 Å². The van der Waals surface area contributed by atoms with Crippen molar-refractivity contribution in [2.45, 2.75) is 32.0 Å². The van der Waals surface area contributed by atoms with Gasteiger partial charge < -0.3 is 10.1 Å². The Labute approximate surface area is 114 Å². The van der Waals surface area contributed by atoms with Crippen LogP contribution in [-0.4, -0.2) is 18.9 Å². The topological polar surface area (TPSA) is 33.6 Å². The quantitative estimate of drug-likeness (QED) is 0.882. The van der Waals surface area contributed by atoms with E-state index < -0.39 is 0 Å². The fourth-order valence-electron chi connectivity index (χ4n) is 2.70. The van der Waals surface area contributed by atoms with Crippen molar-refractivity contribution < 1.29 is 4.74 Å². The maximum absolute atomic E-state index is 5.83. The van der Waals surface area contributed by atoms with Crippen LogP contribution in [0.1, 0.15) is 24.0 Å². The SMILES string of the molecule is C1=CN=CC(C[C@@H]2COCc3ccccc3CN2)C1. The molecule has 2 aliphatic heterocycles. The van der Waals surface area contributed by atoms with Crippen LogP contribution in [0.25, 0.3) is 0 Å². The van der Waals surface area contributed by atoms with E-state index in [0.29, 0.717) is 12.0 Å². The number of allylic oxidation sites excluding steroid dienone is 1. The molecule has 0 saturated carbocycles. The third kappa shape index (κ3) is 3.31. The maximum atomic E-state index is 5.83. The van der Waals surface area contributed by atoms with Crippen LogP contribution in [0.5, 0.6) is 0 Å². The lowest BCUT2D eigenvalue weighted by molar-refractivity contribution is 0.0880. The number of ether oxygens (including phenoxy) is 1. The van der Waals surface area contributed by atoms with Gasteiger partial charge in [0.15, 0.2) is 0 Å². The Morgan fingerprint density at radius 1 is 1.26 bits per heavy atom. The molecule has 0 fully saturated rings. The minimum atomic E-state index is 0.413. The number of fused-ring (bicyclic) bond motifs is 1. The van der Waals surface area contributed by atoms with E-state index in [2.05, 4.69) is 46.9 Å². The zero-order valence-electron chi connectivity index (χ0n) is 11.1. The van der Waals surface area contributed by atoms with Crippen molar-refractivity contribution in [3.63, 3.8) is 0 Å². The highest BCUT2D eigenvalue weighted by atomic mass is 16.5. The molecule has 19 heavy (non-hydrogen) atoms. The Balaban J connectivity index is 1.61. The molecule has 2 aliphatic rings. The van der Waals surface area contributed by atoms with Gasteiger partial charge in [-0.15, -0.1) is 0 Å². The Hall–Kier alpha value is -1.45. The van der Waals surface area contributed by atoms with Gasteiger partial charge in [-0.05, 0) is 29.9 Å². The van der Waals surface area contributed by atoms with Gasteiger partial charge in [-0.1, -0.05) is 30.3 Å². The average molecular weight is 256 g/mol. The summed E-state index contributed by atoms with van der Waals surface area (Å²) in [4.78, 5) is 4.23. The van der Waals surface area contributed by atoms with E-state index in [1.165, 1.54) is 11.1 Å². The smallest absolute Gasteiger partial charge is 0.0720 e. The van der Waals surface area contributed by atoms with Crippen LogP contribution in [0.3, 0.4) is 0 Å². The molecular formula is C16H20N2O. The second-order valence-corrected chi connectivity index (χ2v) is 5.28. The molecule has 3 rings (SSSR count). The first-order valence-electron chi connectivity index (χ1n) is 6.98. The normalized spacial score (nSPS) is 26.5. The Kier molecular flexibility index (Phi) is 4.06. The van der Waals surface area contributed by atoms with Crippen molar-refractivity contribution in [2.75, 3.05) is 6.61 Å². The summed E-state index contributed by atoms with van der Waals surface area (Å²) in [6.45, 7) is 2.44. The molecule has 1 aromatic carbocycles. The lowest BCUT2D eigenvalue weighted by Crippen LogP contribution is -2.37. The van der Waals surface area contributed by atoms with Gasteiger partial charge in [-0.2, -0.15) is 0 Å². The first-order chi connectivity index (χ1) is 9.42. The minimum absolute atomic E-state index is 0.413. The summed E-state index contributed by atoms with van der Waals surface area (Å²) in [6.07, 6.45) is 8.28. The van der Waals surface area contributed by atoms with E-state index in [1.807, 2.05) is 6.20 Å². The summed E-state index contributed by atoms with van der Waals surface area (Å²) in [5.74, 6) is 0.542. The number of nitrogens with one attached hydrogen (secondary N) is 1. The molecule has 3 heteroatoms. The molecule has 2 heterocycles. The molecule has 1 aromatic rings. The molecule has 0 aliphatic carbocycles. The summed E-state index contributed by atoms with van der Waals surface area (Å²) < 4.78 is 5.83. The highest BCUT2D eigenvalue weighted by Gasteiger charge is 2.18. The maximum Gasteiger partial charge on any atom is 0.0720 e. The molecule has 0 aromatic heterocycles. The van der Waals surface area contributed by atoms with E-state index in [1.54, 1.807) is 0 Å². The van der Waals surface area contributed by atoms with Crippen molar-refractivity contribution >= 4 is 6.21 Å². The highest BCUT2D eigenvalue weighted by molar-refractivity contribution is 5.63. The molecule has 3 nitrogen and oxygen atoms in total. The summed E-state index contributed by atoms with van der Waals surface area (Å²) in [6, 6.07) is 8.91. The zero-order chi connectivity index (χ0) is 12.9. The molecule has 0 amide bonds. The largest absolute Gasteiger partial charge is 0.375 e. The van der Waals surface area contributed by atoms with Crippen LogP contribution < -0.4 is 5.32 Å². The van der Waals surface area contributed by atoms with Gasteiger partial charge in [-0.3, -0.25) is 4.99 Å². The second kappa shape index (κ2) is 6.13. The van der Waals surface area contributed by atoms with E-state index in [-0.39, 0.29) is 0 Å². The van der Waals surface area contributed by atoms with Crippen molar-refractivity contribution in [1.82, 2.24) is 5.32 Å². The number of nitrogens with zero attached hydrogens (tertiary/aromatic N) is 1. The molecule has 100 valence electrons. The number of hydrogen-bond acceptors (Lipinski definition) is 3. The Morgan fingerprint density at radius 2 is 2.16 bits per heavy atom. The summed E-state index contributed by atoms with van der Waals surface area (Å²) in [7, 11) is 0. The molecule has 0 spiro atoms. The van der Waals surface area contributed by atoms with Gasteiger partial charge in [0.05, 0.1) is 13.2 Å². The lowest BCUT2D eigenvalue weighted by atomic mass is 9.96. The van der Waals surface area contributed by atoms with Gasteiger partial charge >= 0.3 is 0 Å². The van der Waals surface area contributed by atoms with Crippen molar-refractivity contribution in [1.29, 1.82) is 0 Å². The van der Waals surface area contributed by atoms with Crippen LogP contribution in [0.15, 0.2) is 41.5 Å².